The molecule has 7 nitrogen and oxygen atoms in total. The van der Waals surface area contributed by atoms with E-state index in [-0.39, 0.29) is 5.91 Å². The van der Waals surface area contributed by atoms with Crippen molar-refractivity contribution >= 4 is 5.91 Å². The largest absolute Gasteiger partial charge is 0.471 e. The first-order valence-corrected chi connectivity index (χ1v) is 9.36. The summed E-state index contributed by atoms with van der Waals surface area (Å²) in [5, 5.41) is 4.62. The molecule has 0 atom stereocenters. The van der Waals surface area contributed by atoms with Gasteiger partial charge in [-0.3, -0.25) is 14.5 Å². The van der Waals surface area contributed by atoms with Crippen molar-refractivity contribution < 1.29 is 9.53 Å². The van der Waals surface area contributed by atoms with Crippen LogP contribution >= 0.6 is 0 Å². The van der Waals surface area contributed by atoms with Crippen LogP contribution in [0.3, 0.4) is 0 Å². The lowest BCUT2D eigenvalue weighted by Gasteiger charge is -2.28. The van der Waals surface area contributed by atoms with Gasteiger partial charge in [0.25, 0.3) is 0 Å². The Morgan fingerprint density at radius 3 is 2.96 bits per heavy atom. The molecule has 3 aromatic rings. The first-order chi connectivity index (χ1) is 13.6. The van der Waals surface area contributed by atoms with Crippen molar-refractivity contribution in [3.63, 3.8) is 0 Å². The van der Waals surface area contributed by atoms with Gasteiger partial charge < -0.3 is 9.64 Å². The molecule has 4 heterocycles. The summed E-state index contributed by atoms with van der Waals surface area (Å²) in [6, 6.07) is 7.62. The van der Waals surface area contributed by atoms with Crippen LogP contribution in [0.5, 0.6) is 5.88 Å². The number of hydrogen-bond acceptors (Lipinski definition) is 5. The highest BCUT2D eigenvalue weighted by atomic mass is 16.5. The molecule has 0 saturated carbocycles. The summed E-state index contributed by atoms with van der Waals surface area (Å²) in [7, 11) is 1.94. The lowest BCUT2D eigenvalue weighted by molar-refractivity contribution is -0.131. The summed E-state index contributed by atoms with van der Waals surface area (Å²) >= 11 is 0. The zero-order valence-corrected chi connectivity index (χ0v) is 16.1. The van der Waals surface area contributed by atoms with Crippen molar-refractivity contribution in [1.29, 1.82) is 0 Å². The molecule has 0 aliphatic carbocycles. The number of carbonyl (C=O) groups is 1. The second-order valence-corrected chi connectivity index (χ2v) is 7.06. The fraction of sp³-hybridized carbons (Fsp3) is 0.333. The molecule has 0 aromatic carbocycles. The van der Waals surface area contributed by atoms with Gasteiger partial charge in [-0.05, 0) is 30.2 Å². The number of aromatic nitrogens is 4. The highest BCUT2D eigenvalue weighted by molar-refractivity contribution is 5.79. The third-order valence-corrected chi connectivity index (χ3v) is 5.00. The van der Waals surface area contributed by atoms with E-state index in [1.807, 2.05) is 47.8 Å². The maximum Gasteiger partial charge on any atom is 0.227 e. The number of carbonyl (C=O) groups excluding carboxylic acids is 1. The molecular weight excluding hydrogens is 354 g/mol. The van der Waals surface area contributed by atoms with Crippen LogP contribution in [-0.4, -0.2) is 37.1 Å². The van der Waals surface area contributed by atoms with Crippen LogP contribution in [0.15, 0.2) is 42.9 Å². The van der Waals surface area contributed by atoms with E-state index in [4.69, 9.17) is 4.74 Å². The van der Waals surface area contributed by atoms with E-state index in [0.717, 1.165) is 28.8 Å². The van der Waals surface area contributed by atoms with Gasteiger partial charge in [0.1, 0.15) is 12.3 Å². The Balaban J connectivity index is 1.47. The average molecular weight is 377 g/mol. The summed E-state index contributed by atoms with van der Waals surface area (Å²) in [6.07, 6.45) is 6.35. The van der Waals surface area contributed by atoms with Crippen LogP contribution < -0.4 is 4.74 Å². The van der Waals surface area contributed by atoms with E-state index in [1.54, 1.807) is 18.6 Å². The molecule has 0 unspecified atom stereocenters. The topological polar surface area (TPSA) is 73.1 Å². The molecule has 7 heteroatoms. The maximum absolute atomic E-state index is 12.7. The fourth-order valence-corrected chi connectivity index (χ4v) is 3.52. The lowest BCUT2D eigenvalue weighted by atomic mass is 10.0. The maximum atomic E-state index is 12.7. The molecule has 1 aliphatic rings. The minimum atomic E-state index is 0.106. The van der Waals surface area contributed by atoms with Gasteiger partial charge in [-0.15, -0.1) is 0 Å². The Kier molecular flexibility index (Phi) is 5.06. The van der Waals surface area contributed by atoms with E-state index < -0.39 is 0 Å². The van der Waals surface area contributed by atoms with Crippen LogP contribution in [0, 0.1) is 6.92 Å². The second kappa shape index (κ2) is 7.80. The minimum Gasteiger partial charge on any atom is -0.471 e. The first-order valence-electron chi connectivity index (χ1n) is 9.36. The summed E-state index contributed by atoms with van der Waals surface area (Å²) in [6.45, 7) is 3.60. The number of amides is 1. The van der Waals surface area contributed by atoms with Crippen molar-refractivity contribution in [2.45, 2.75) is 32.9 Å². The van der Waals surface area contributed by atoms with Gasteiger partial charge in [0.15, 0.2) is 0 Å². The van der Waals surface area contributed by atoms with Crippen molar-refractivity contribution in [2.24, 2.45) is 7.05 Å². The van der Waals surface area contributed by atoms with Crippen LogP contribution in [0.2, 0.25) is 0 Å². The standard InChI is InChI=1S/C21H23N5O2/c1-15-5-8-23-20(10-15)28-14-18-17-13-26(9-6-19(17)25(2)24-18)21(27)11-16-4-3-7-22-12-16/h3-5,7-8,10,12H,6,9,11,13-14H2,1-2H3. The van der Waals surface area contributed by atoms with Gasteiger partial charge in [-0.2, -0.15) is 5.10 Å². The Morgan fingerprint density at radius 1 is 1.29 bits per heavy atom. The number of pyridine rings is 2. The Hall–Kier alpha value is -3.22. The van der Waals surface area contributed by atoms with Crippen LogP contribution in [-0.2, 0) is 37.8 Å². The van der Waals surface area contributed by atoms with Gasteiger partial charge >= 0.3 is 0 Å². The minimum absolute atomic E-state index is 0.106. The van der Waals surface area contributed by atoms with E-state index in [9.17, 15) is 4.79 Å². The van der Waals surface area contributed by atoms with E-state index in [1.165, 1.54) is 5.69 Å². The van der Waals surface area contributed by atoms with Crippen molar-refractivity contribution in [3.05, 3.63) is 70.9 Å². The molecule has 1 aliphatic heterocycles. The number of rotatable bonds is 5. The van der Waals surface area contributed by atoms with E-state index in [0.29, 0.717) is 32.0 Å². The molecule has 1 amide bonds. The average Bonchev–Trinajstić information content (AvgIpc) is 3.02. The normalized spacial score (nSPS) is 13.3. The molecule has 0 spiro atoms. The van der Waals surface area contributed by atoms with Gasteiger partial charge in [-0.1, -0.05) is 6.07 Å². The number of fused-ring (bicyclic) bond motifs is 1. The van der Waals surface area contributed by atoms with Crippen LogP contribution in [0.25, 0.3) is 0 Å². The lowest BCUT2D eigenvalue weighted by Crippen LogP contribution is -2.37. The number of aryl methyl sites for hydroxylation is 2. The predicted octanol–water partition coefficient (Wildman–Crippen LogP) is 2.22. The number of ether oxygens (including phenoxy) is 1. The molecule has 3 aromatic heterocycles. The predicted molar refractivity (Wildman–Crippen MR) is 104 cm³/mol. The molecule has 4 rings (SSSR count). The highest BCUT2D eigenvalue weighted by Gasteiger charge is 2.26. The van der Waals surface area contributed by atoms with Crippen molar-refractivity contribution in [2.75, 3.05) is 6.54 Å². The molecular formula is C21H23N5O2. The Labute approximate surface area is 164 Å². The third kappa shape index (κ3) is 3.88. The second-order valence-electron chi connectivity index (χ2n) is 7.06. The Morgan fingerprint density at radius 2 is 2.18 bits per heavy atom. The molecule has 0 N–H and O–H groups in total. The van der Waals surface area contributed by atoms with Crippen molar-refractivity contribution in [1.82, 2.24) is 24.6 Å². The van der Waals surface area contributed by atoms with Gasteiger partial charge in [0.05, 0.1) is 6.42 Å². The third-order valence-electron chi connectivity index (χ3n) is 5.00. The van der Waals surface area contributed by atoms with E-state index in [2.05, 4.69) is 15.1 Å². The smallest absolute Gasteiger partial charge is 0.227 e. The number of nitrogens with zero attached hydrogens (tertiary/aromatic N) is 5. The monoisotopic (exact) mass is 377 g/mol. The zero-order valence-electron chi connectivity index (χ0n) is 16.1. The zero-order chi connectivity index (χ0) is 19.5. The fourth-order valence-electron chi connectivity index (χ4n) is 3.52. The molecule has 28 heavy (non-hydrogen) atoms. The molecule has 0 saturated heterocycles. The summed E-state index contributed by atoms with van der Waals surface area (Å²) in [5.41, 5.74) is 5.14. The molecule has 0 radical (unpaired) electrons. The number of hydrogen-bond donors (Lipinski definition) is 0. The molecule has 0 fully saturated rings. The molecule has 0 bridgehead atoms. The first kappa shape index (κ1) is 18.2. The van der Waals surface area contributed by atoms with Gasteiger partial charge in [0, 0.05) is 62.5 Å². The van der Waals surface area contributed by atoms with Crippen molar-refractivity contribution in [3.8, 4) is 5.88 Å². The van der Waals surface area contributed by atoms with Crippen LogP contribution in [0.4, 0.5) is 0 Å². The van der Waals surface area contributed by atoms with Gasteiger partial charge in [0.2, 0.25) is 11.8 Å². The quantitative estimate of drug-likeness (QED) is 0.682. The summed E-state index contributed by atoms with van der Waals surface area (Å²) in [4.78, 5) is 23.0. The SMILES string of the molecule is Cc1ccnc(OCc2nn(C)c3c2CN(C(=O)Cc2cccnc2)CC3)c1. The van der Waals surface area contributed by atoms with E-state index >= 15 is 0 Å². The van der Waals surface area contributed by atoms with Crippen LogP contribution in [0.1, 0.15) is 28.1 Å². The summed E-state index contributed by atoms with van der Waals surface area (Å²) < 4.78 is 7.75. The molecule has 144 valence electrons. The summed E-state index contributed by atoms with van der Waals surface area (Å²) in [5.74, 6) is 0.689. The Bertz CT molecular complexity index is 984. The highest BCUT2D eigenvalue weighted by Crippen LogP contribution is 2.24. The van der Waals surface area contributed by atoms with Gasteiger partial charge in [-0.25, -0.2) is 4.98 Å².